The molecule has 0 rings (SSSR count). The Labute approximate surface area is 82.9 Å². The van der Waals surface area contributed by atoms with Gasteiger partial charge in [-0.25, -0.2) is 0 Å². The minimum Gasteiger partial charge on any atom is -0.385 e. The Morgan fingerprint density at radius 1 is 1.08 bits per heavy atom. The van der Waals surface area contributed by atoms with Gasteiger partial charge in [-0.3, -0.25) is 0 Å². The summed E-state index contributed by atoms with van der Waals surface area (Å²) < 4.78 is 0. The van der Waals surface area contributed by atoms with Gasteiger partial charge >= 0.3 is 0 Å². The number of hydrogen-bond donors (Lipinski definition) is 1. The summed E-state index contributed by atoms with van der Waals surface area (Å²) in [5, 5.41) is 10.4. The van der Waals surface area contributed by atoms with Crippen LogP contribution in [0.3, 0.4) is 0 Å². The van der Waals surface area contributed by atoms with E-state index in [4.69, 9.17) is 0 Å². The number of hydrogen-bond acceptors (Lipinski definition) is 1. The topological polar surface area (TPSA) is 20.2 Å². The van der Waals surface area contributed by atoms with E-state index in [1.54, 1.807) is 6.08 Å². The molecule has 0 aliphatic heterocycles. The molecule has 0 aliphatic carbocycles. The third kappa shape index (κ3) is 3.51. The molecule has 0 saturated carbocycles. The van der Waals surface area contributed by atoms with Crippen LogP contribution in [-0.4, -0.2) is 10.7 Å². The molecule has 0 spiro atoms. The molecule has 0 aromatic heterocycles. The Balaban J connectivity index is 4.77. The summed E-state index contributed by atoms with van der Waals surface area (Å²) in [5.41, 5.74) is -0.802. The molecule has 0 unspecified atom stereocenters. The summed E-state index contributed by atoms with van der Waals surface area (Å²) >= 11 is 0. The molecule has 0 bridgehead atoms. The quantitative estimate of drug-likeness (QED) is 0.652. The van der Waals surface area contributed by atoms with Gasteiger partial charge in [0.2, 0.25) is 0 Å². The van der Waals surface area contributed by atoms with Crippen molar-refractivity contribution in [3.05, 3.63) is 12.7 Å². The molecule has 1 nitrogen and oxygen atoms in total. The first-order valence-corrected chi connectivity index (χ1v) is 4.88. The lowest BCUT2D eigenvalue weighted by Crippen LogP contribution is -2.43. The molecule has 0 fully saturated rings. The second-order valence-electron chi connectivity index (χ2n) is 6.12. The van der Waals surface area contributed by atoms with E-state index in [1.807, 2.05) is 20.8 Å². The van der Waals surface area contributed by atoms with Gasteiger partial charge in [-0.15, -0.1) is 6.58 Å². The first-order chi connectivity index (χ1) is 5.52. The molecular formula is C12H24O. The SMILES string of the molecule is C=C[C@](O)(CC(C)(C)C)C(C)(C)C. The second kappa shape index (κ2) is 3.45. The molecule has 13 heavy (non-hydrogen) atoms. The number of rotatable bonds is 2. The molecule has 0 heterocycles. The summed E-state index contributed by atoms with van der Waals surface area (Å²) in [6, 6.07) is 0. The Hall–Kier alpha value is -0.300. The summed E-state index contributed by atoms with van der Waals surface area (Å²) in [6.07, 6.45) is 2.42. The van der Waals surface area contributed by atoms with Crippen LogP contribution in [0.2, 0.25) is 0 Å². The molecule has 78 valence electrons. The largest absolute Gasteiger partial charge is 0.385 e. The molecule has 1 heteroatoms. The van der Waals surface area contributed by atoms with Gasteiger partial charge in [-0.05, 0) is 17.3 Å². The van der Waals surface area contributed by atoms with E-state index in [9.17, 15) is 5.11 Å². The Morgan fingerprint density at radius 3 is 1.54 bits per heavy atom. The lowest BCUT2D eigenvalue weighted by atomic mass is 9.68. The zero-order valence-corrected chi connectivity index (χ0v) is 9.94. The minimum absolute atomic E-state index is 0.121. The normalized spacial score (nSPS) is 18.1. The molecule has 1 N–H and O–H groups in total. The van der Waals surface area contributed by atoms with E-state index >= 15 is 0 Å². The maximum atomic E-state index is 10.4. The van der Waals surface area contributed by atoms with Crippen LogP contribution < -0.4 is 0 Å². The Morgan fingerprint density at radius 2 is 1.46 bits per heavy atom. The summed E-state index contributed by atoms with van der Waals surface area (Å²) in [5.74, 6) is 0. The summed E-state index contributed by atoms with van der Waals surface area (Å²) in [6.45, 7) is 16.3. The lowest BCUT2D eigenvalue weighted by Gasteiger charge is -2.42. The van der Waals surface area contributed by atoms with E-state index in [0.29, 0.717) is 0 Å². The predicted molar refractivity (Wildman–Crippen MR) is 58.7 cm³/mol. The van der Waals surface area contributed by atoms with E-state index in [1.165, 1.54) is 0 Å². The Bertz CT molecular complexity index is 180. The molecule has 0 aromatic rings. The van der Waals surface area contributed by atoms with Gasteiger partial charge in [0.05, 0.1) is 5.60 Å². The summed E-state index contributed by atoms with van der Waals surface area (Å²) in [7, 11) is 0. The maximum Gasteiger partial charge on any atom is 0.0878 e. The van der Waals surface area contributed by atoms with Gasteiger partial charge in [0, 0.05) is 0 Å². The molecule has 0 aliphatic rings. The molecular weight excluding hydrogens is 160 g/mol. The highest BCUT2D eigenvalue weighted by Crippen LogP contribution is 2.40. The predicted octanol–water partition coefficient (Wildman–Crippen LogP) is 3.39. The molecule has 0 saturated heterocycles. The van der Waals surface area contributed by atoms with Crippen LogP contribution in [0.25, 0.3) is 0 Å². The average molecular weight is 184 g/mol. The van der Waals surface area contributed by atoms with E-state index in [-0.39, 0.29) is 10.8 Å². The van der Waals surface area contributed by atoms with Gasteiger partial charge in [0.25, 0.3) is 0 Å². The van der Waals surface area contributed by atoms with Gasteiger partial charge in [-0.1, -0.05) is 47.6 Å². The van der Waals surface area contributed by atoms with Crippen molar-refractivity contribution in [3.63, 3.8) is 0 Å². The van der Waals surface area contributed by atoms with Crippen molar-refractivity contribution in [2.24, 2.45) is 10.8 Å². The van der Waals surface area contributed by atoms with Crippen molar-refractivity contribution in [1.29, 1.82) is 0 Å². The Kier molecular flexibility index (Phi) is 3.37. The van der Waals surface area contributed by atoms with E-state index in [0.717, 1.165) is 6.42 Å². The van der Waals surface area contributed by atoms with Crippen LogP contribution in [-0.2, 0) is 0 Å². The molecule has 0 radical (unpaired) electrons. The minimum atomic E-state index is -0.773. The smallest absolute Gasteiger partial charge is 0.0878 e. The van der Waals surface area contributed by atoms with Crippen molar-refractivity contribution >= 4 is 0 Å². The summed E-state index contributed by atoms with van der Waals surface area (Å²) in [4.78, 5) is 0. The zero-order chi connectivity index (χ0) is 10.9. The monoisotopic (exact) mass is 184 g/mol. The third-order valence-electron chi connectivity index (χ3n) is 2.44. The van der Waals surface area contributed by atoms with Crippen molar-refractivity contribution in [2.45, 2.75) is 53.6 Å². The third-order valence-corrected chi connectivity index (χ3v) is 2.44. The van der Waals surface area contributed by atoms with Crippen molar-refractivity contribution < 1.29 is 5.11 Å². The fourth-order valence-electron chi connectivity index (χ4n) is 1.45. The van der Waals surface area contributed by atoms with Gasteiger partial charge in [0.1, 0.15) is 0 Å². The zero-order valence-electron chi connectivity index (χ0n) is 9.94. The first kappa shape index (κ1) is 12.7. The van der Waals surface area contributed by atoms with Crippen LogP contribution in [0.4, 0.5) is 0 Å². The van der Waals surface area contributed by atoms with Crippen LogP contribution in [0, 0.1) is 10.8 Å². The van der Waals surface area contributed by atoms with Crippen LogP contribution in [0.5, 0.6) is 0 Å². The highest BCUT2D eigenvalue weighted by Gasteiger charge is 2.39. The highest BCUT2D eigenvalue weighted by atomic mass is 16.3. The van der Waals surface area contributed by atoms with Gasteiger partial charge in [0.15, 0.2) is 0 Å². The number of aliphatic hydroxyl groups is 1. The fourth-order valence-corrected chi connectivity index (χ4v) is 1.45. The van der Waals surface area contributed by atoms with Gasteiger partial charge in [-0.2, -0.15) is 0 Å². The fraction of sp³-hybridized carbons (Fsp3) is 0.833. The first-order valence-electron chi connectivity index (χ1n) is 4.88. The van der Waals surface area contributed by atoms with Crippen molar-refractivity contribution in [2.75, 3.05) is 0 Å². The van der Waals surface area contributed by atoms with Crippen molar-refractivity contribution in [3.8, 4) is 0 Å². The molecule has 0 aromatic carbocycles. The van der Waals surface area contributed by atoms with Crippen LogP contribution in [0.1, 0.15) is 48.0 Å². The van der Waals surface area contributed by atoms with Crippen molar-refractivity contribution in [1.82, 2.24) is 0 Å². The maximum absolute atomic E-state index is 10.4. The standard InChI is InChI=1S/C12H24O/c1-8-12(13,11(5,6)7)9-10(2,3)4/h8,13H,1,9H2,2-7H3/t12-/m0/s1. The average Bonchev–Trinajstić information content (AvgIpc) is 1.81. The van der Waals surface area contributed by atoms with E-state index in [2.05, 4.69) is 27.4 Å². The van der Waals surface area contributed by atoms with Crippen LogP contribution >= 0.6 is 0 Å². The highest BCUT2D eigenvalue weighted by molar-refractivity contribution is 5.05. The molecule has 1 atom stereocenters. The van der Waals surface area contributed by atoms with E-state index < -0.39 is 5.60 Å². The van der Waals surface area contributed by atoms with Gasteiger partial charge < -0.3 is 5.11 Å². The lowest BCUT2D eigenvalue weighted by molar-refractivity contribution is -0.0434. The molecule has 0 amide bonds. The second-order valence-corrected chi connectivity index (χ2v) is 6.12. The van der Waals surface area contributed by atoms with Crippen LogP contribution in [0.15, 0.2) is 12.7 Å².